The van der Waals surface area contributed by atoms with E-state index in [0.717, 1.165) is 15.4 Å². The Labute approximate surface area is 188 Å². The Morgan fingerprint density at radius 3 is 2.29 bits per heavy atom. The molecule has 1 atom stereocenters. The van der Waals surface area contributed by atoms with Crippen LogP contribution in [0.2, 0.25) is 5.02 Å². The normalized spacial score (nSPS) is 12.3. The highest BCUT2D eigenvalue weighted by Gasteiger charge is 2.29. The van der Waals surface area contributed by atoms with Crippen LogP contribution in [0.4, 0.5) is 5.69 Å². The number of hydrogen-bond donors (Lipinski definition) is 1. The third kappa shape index (κ3) is 5.46. The maximum Gasteiger partial charge on any atom is 0.264 e. The molecule has 1 N–H and O–H groups in total. The third-order valence-electron chi connectivity index (χ3n) is 5.01. The summed E-state index contributed by atoms with van der Waals surface area (Å²) in [7, 11) is -3.99. The van der Waals surface area contributed by atoms with Gasteiger partial charge in [-0.3, -0.25) is 9.10 Å². The summed E-state index contributed by atoms with van der Waals surface area (Å²) < 4.78 is 28.1. The van der Waals surface area contributed by atoms with Crippen LogP contribution in [0.15, 0.2) is 77.7 Å². The van der Waals surface area contributed by atoms with E-state index in [0.29, 0.717) is 16.3 Å². The maximum absolute atomic E-state index is 13.5. The van der Waals surface area contributed by atoms with Gasteiger partial charge in [-0.1, -0.05) is 65.7 Å². The first kappa shape index (κ1) is 22.8. The molecule has 0 aromatic heterocycles. The molecular weight excluding hydrogens is 432 g/mol. The van der Waals surface area contributed by atoms with Crippen LogP contribution in [-0.2, 0) is 14.8 Å². The predicted octanol–water partition coefficient (Wildman–Crippen LogP) is 5.03. The van der Waals surface area contributed by atoms with Gasteiger partial charge in [0.15, 0.2) is 0 Å². The number of nitrogens with one attached hydrogen (secondary N) is 1. The van der Waals surface area contributed by atoms with Crippen molar-refractivity contribution >= 4 is 33.2 Å². The molecule has 0 unspecified atom stereocenters. The molecule has 5 nitrogen and oxygen atoms in total. The number of carbonyl (C=O) groups excluding carboxylic acids is 1. The number of carbonyl (C=O) groups is 1. The largest absolute Gasteiger partial charge is 0.348 e. The standard InChI is InChI=1S/C24H25ClN2O3S/c1-17-9-13-22(14-10-17)31(29,30)27(23-15-21(25)12-11-18(23)2)16-24(28)26-19(3)20-7-5-4-6-8-20/h4-15,19H,16H2,1-3H3,(H,26,28)/t19-/m1/s1. The lowest BCUT2D eigenvalue weighted by molar-refractivity contribution is -0.120. The highest BCUT2D eigenvalue weighted by molar-refractivity contribution is 7.92. The molecule has 31 heavy (non-hydrogen) atoms. The molecule has 3 aromatic rings. The van der Waals surface area contributed by atoms with Crippen LogP contribution in [0.5, 0.6) is 0 Å². The highest BCUT2D eigenvalue weighted by atomic mass is 35.5. The molecular formula is C24H25ClN2O3S. The number of sulfonamides is 1. The lowest BCUT2D eigenvalue weighted by atomic mass is 10.1. The van der Waals surface area contributed by atoms with Gasteiger partial charge in [-0.05, 0) is 56.2 Å². The first-order valence-electron chi connectivity index (χ1n) is 9.88. The summed E-state index contributed by atoms with van der Waals surface area (Å²) in [6.45, 7) is 5.16. The molecule has 3 aromatic carbocycles. The van der Waals surface area contributed by atoms with Gasteiger partial charge in [-0.2, -0.15) is 0 Å². The van der Waals surface area contributed by atoms with Gasteiger partial charge in [0.1, 0.15) is 6.54 Å². The lowest BCUT2D eigenvalue weighted by Gasteiger charge is -2.26. The number of aryl methyl sites for hydroxylation is 2. The van der Waals surface area contributed by atoms with Crippen molar-refractivity contribution in [1.82, 2.24) is 5.32 Å². The number of nitrogens with zero attached hydrogens (tertiary/aromatic N) is 1. The summed E-state index contributed by atoms with van der Waals surface area (Å²) in [5.74, 6) is -0.411. The Morgan fingerprint density at radius 1 is 1.00 bits per heavy atom. The average molecular weight is 457 g/mol. The van der Waals surface area contributed by atoms with Crippen LogP contribution < -0.4 is 9.62 Å². The molecule has 0 radical (unpaired) electrons. The fraction of sp³-hybridized carbons (Fsp3) is 0.208. The lowest BCUT2D eigenvalue weighted by Crippen LogP contribution is -2.42. The van der Waals surface area contributed by atoms with E-state index < -0.39 is 15.9 Å². The number of anilines is 1. The molecule has 0 saturated carbocycles. The number of hydrogen-bond acceptors (Lipinski definition) is 3. The zero-order chi connectivity index (χ0) is 22.6. The Balaban J connectivity index is 1.95. The highest BCUT2D eigenvalue weighted by Crippen LogP contribution is 2.29. The van der Waals surface area contributed by atoms with Crippen molar-refractivity contribution < 1.29 is 13.2 Å². The van der Waals surface area contributed by atoms with Crippen molar-refractivity contribution in [3.8, 4) is 0 Å². The second-order valence-electron chi connectivity index (χ2n) is 7.46. The zero-order valence-corrected chi connectivity index (χ0v) is 19.2. The minimum absolute atomic E-state index is 0.112. The number of amides is 1. The van der Waals surface area contributed by atoms with E-state index in [1.807, 2.05) is 44.2 Å². The summed E-state index contributed by atoms with van der Waals surface area (Å²) in [4.78, 5) is 13.0. The van der Waals surface area contributed by atoms with E-state index >= 15 is 0 Å². The summed E-state index contributed by atoms with van der Waals surface area (Å²) in [5, 5.41) is 3.28. The predicted molar refractivity (Wildman–Crippen MR) is 125 cm³/mol. The van der Waals surface area contributed by atoms with Crippen LogP contribution >= 0.6 is 11.6 Å². The van der Waals surface area contributed by atoms with Crippen molar-refractivity contribution in [3.05, 3.63) is 94.5 Å². The first-order chi connectivity index (χ1) is 14.7. The SMILES string of the molecule is Cc1ccc(S(=O)(=O)N(CC(=O)N[C@H](C)c2ccccc2)c2cc(Cl)ccc2C)cc1. The van der Waals surface area contributed by atoms with Gasteiger partial charge in [0.25, 0.3) is 10.0 Å². The molecule has 0 aliphatic carbocycles. The third-order valence-corrected chi connectivity index (χ3v) is 7.02. The quantitative estimate of drug-likeness (QED) is 0.542. The van der Waals surface area contributed by atoms with Gasteiger partial charge in [-0.25, -0.2) is 8.42 Å². The Morgan fingerprint density at radius 2 is 1.65 bits per heavy atom. The minimum Gasteiger partial charge on any atom is -0.348 e. The second-order valence-corrected chi connectivity index (χ2v) is 9.75. The molecule has 0 fully saturated rings. The summed E-state index contributed by atoms with van der Waals surface area (Å²) in [6.07, 6.45) is 0. The van der Waals surface area contributed by atoms with E-state index in [1.165, 1.54) is 0 Å². The zero-order valence-electron chi connectivity index (χ0n) is 17.7. The fourth-order valence-corrected chi connectivity index (χ4v) is 4.87. The van der Waals surface area contributed by atoms with Gasteiger partial charge in [0.05, 0.1) is 16.6 Å². The maximum atomic E-state index is 13.5. The van der Waals surface area contributed by atoms with Crippen LogP contribution in [0, 0.1) is 13.8 Å². The van der Waals surface area contributed by atoms with Gasteiger partial charge < -0.3 is 5.32 Å². The van der Waals surface area contributed by atoms with Gasteiger partial charge in [0, 0.05) is 5.02 Å². The van der Waals surface area contributed by atoms with Crippen molar-refractivity contribution in [2.75, 3.05) is 10.8 Å². The molecule has 0 saturated heterocycles. The molecule has 1 amide bonds. The molecule has 0 bridgehead atoms. The number of halogens is 1. The molecule has 0 heterocycles. The Hall–Kier alpha value is -2.83. The second kappa shape index (κ2) is 9.54. The Bertz CT molecular complexity index is 1160. The smallest absolute Gasteiger partial charge is 0.264 e. The van der Waals surface area contributed by atoms with Crippen LogP contribution in [-0.4, -0.2) is 20.9 Å². The summed E-state index contributed by atoms with van der Waals surface area (Å²) in [6, 6.07) is 20.8. The molecule has 162 valence electrons. The summed E-state index contributed by atoms with van der Waals surface area (Å²) in [5.41, 5.74) is 2.95. The van der Waals surface area contributed by atoms with Crippen molar-refractivity contribution in [1.29, 1.82) is 0 Å². The topological polar surface area (TPSA) is 66.5 Å². The van der Waals surface area contributed by atoms with Gasteiger partial charge >= 0.3 is 0 Å². The monoisotopic (exact) mass is 456 g/mol. The average Bonchev–Trinajstić information content (AvgIpc) is 2.74. The van der Waals surface area contributed by atoms with Crippen LogP contribution in [0.25, 0.3) is 0 Å². The molecule has 0 spiro atoms. The van der Waals surface area contributed by atoms with Crippen LogP contribution in [0.3, 0.4) is 0 Å². The fourth-order valence-electron chi connectivity index (χ4n) is 3.23. The van der Waals surface area contributed by atoms with Gasteiger partial charge in [0.2, 0.25) is 5.91 Å². The molecule has 0 aliphatic rings. The number of rotatable bonds is 7. The number of benzene rings is 3. The molecule has 3 rings (SSSR count). The van der Waals surface area contributed by atoms with E-state index in [1.54, 1.807) is 49.4 Å². The van der Waals surface area contributed by atoms with E-state index in [9.17, 15) is 13.2 Å². The van der Waals surface area contributed by atoms with Crippen LogP contribution in [0.1, 0.15) is 29.7 Å². The first-order valence-corrected chi connectivity index (χ1v) is 11.7. The van der Waals surface area contributed by atoms with E-state index in [-0.39, 0.29) is 17.5 Å². The summed E-state index contributed by atoms with van der Waals surface area (Å²) >= 11 is 6.16. The van der Waals surface area contributed by atoms with Crippen molar-refractivity contribution in [2.24, 2.45) is 0 Å². The minimum atomic E-state index is -3.99. The van der Waals surface area contributed by atoms with Crippen molar-refractivity contribution in [3.63, 3.8) is 0 Å². The van der Waals surface area contributed by atoms with Crippen molar-refractivity contribution in [2.45, 2.75) is 31.7 Å². The molecule has 7 heteroatoms. The van der Waals surface area contributed by atoms with Gasteiger partial charge in [-0.15, -0.1) is 0 Å². The Kier molecular flexibility index (Phi) is 7.03. The van der Waals surface area contributed by atoms with E-state index in [4.69, 9.17) is 11.6 Å². The molecule has 0 aliphatic heterocycles. The van der Waals surface area contributed by atoms with E-state index in [2.05, 4.69) is 5.32 Å².